The fourth-order valence-corrected chi connectivity index (χ4v) is 1.29. The lowest BCUT2D eigenvalue weighted by molar-refractivity contribution is 0.0832. The summed E-state index contributed by atoms with van der Waals surface area (Å²) in [6.07, 6.45) is 1.79. The van der Waals surface area contributed by atoms with Crippen molar-refractivity contribution in [3.05, 3.63) is 12.2 Å². The van der Waals surface area contributed by atoms with E-state index in [1.165, 1.54) is 7.11 Å². The van der Waals surface area contributed by atoms with Gasteiger partial charge in [-0.25, -0.2) is 4.79 Å². The molecule has 0 unspecified atom stereocenters. The lowest BCUT2D eigenvalue weighted by atomic mass is 9.93. The molecule has 0 aromatic rings. The van der Waals surface area contributed by atoms with E-state index in [1.807, 2.05) is 13.8 Å². The second-order valence-corrected chi connectivity index (χ2v) is 3.81. The Morgan fingerprint density at radius 2 is 2.06 bits per heavy atom. The first kappa shape index (κ1) is 16.1. The normalized spacial score (nSPS) is 10.2. The number of allylic oxidation sites excluding steroid dienone is 1. The number of carbonyl (C=O) groups is 1. The van der Waals surface area contributed by atoms with Gasteiger partial charge in [-0.15, -0.1) is 11.8 Å². The smallest absolute Gasteiger partial charge is 0.438 e. The Balaban J connectivity index is 3.91. The lowest BCUT2D eigenvalue weighted by Gasteiger charge is -2.11. The fraction of sp³-hybridized carbons (Fsp3) is 0.533. The van der Waals surface area contributed by atoms with Crippen molar-refractivity contribution in [1.29, 1.82) is 0 Å². The van der Waals surface area contributed by atoms with E-state index in [0.29, 0.717) is 5.92 Å². The van der Waals surface area contributed by atoms with E-state index in [4.69, 9.17) is 0 Å². The van der Waals surface area contributed by atoms with Crippen LogP contribution in [0.4, 0.5) is 4.79 Å². The van der Waals surface area contributed by atoms with Gasteiger partial charge in [0.05, 0.1) is 7.11 Å². The van der Waals surface area contributed by atoms with Gasteiger partial charge >= 0.3 is 6.16 Å². The van der Waals surface area contributed by atoms with Gasteiger partial charge in [-0.3, -0.25) is 0 Å². The van der Waals surface area contributed by atoms with Gasteiger partial charge in [0.25, 0.3) is 0 Å². The largest absolute Gasteiger partial charge is 0.508 e. The first-order valence-electron chi connectivity index (χ1n) is 5.83. The molecule has 0 fully saturated rings. The van der Waals surface area contributed by atoms with Crippen molar-refractivity contribution in [2.75, 3.05) is 13.7 Å². The summed E-state index contributed by atoms with van der Waals surface area (Å²) in [6.45, 7) is 7.87. The van der Waals surface area contributed by atoms with Crippen molar-refractivity contribution in [2.24, 2.45) is 5.92 Å². The minimum atomic E-state index is -0.706. The van der Waals surface area contributed by atoms with Crippen molar-refractivity contribution >= 4 is 6.16 Å². The van der Waals surface area contributed by atoms with Crippen molar-refractivity contribution in [1.82, 2.24) is 0 Å². The van der Waals surface area contributed by atoms with Crippen molar-refractivity contribution < 1.29 is 14.3 Å². The van der Waals surface area contributed by atoms with Crippen molar-refractivity contribution in [2.45, 2.75) is 33.1 Å². The minimum Gasteiger partial charge on any atom is -0.438 e. The summed E-state index contributed by atoms with van der Waals surface area (Å²) in [4.78, 5) is 10.6. The minimum absolute atomic E-state index is 0.0686. The molecule has 0 N–H and O–H groups in total. The summed E-state index contributed by atoms with van der Waals surface area (Å²) >= 11 is 0. The van der Waals surface area contributed by atoms with Gasteiger partial charge in [0.1, 0.15) is 0 Å². The molecule has 0 aliphatic heterocycles. The summed E-state index contributed by atoms with van der Waals surface area (Å²) in [5, 5.41) is 0. The highest BCUT2D eigenvalue weighted by atomic mass is 16.7. The third-order valence-electron chi connectivity index (χ3n) is 2.39. The molecule has 0 bridgehead atoms. The molecule has 0 aromatic heterocycles. The molecule has 18 heavy (non-hydrogen) atoms. The third kappa shape index (κ3) is 8.30. The van der Waals surface area contributed by atoms with Gasteiger partial charge in [-0.2, -0.15) is 0 Å². The third-order valence-corrected chi connectivity index (χ3v) is 2.39. The Kier molecular flexibility index (Phi) is 9.23. The maximum atomic E-state index is 10.6. The van der Waals surface area contributed by atoms with Crippen LogP contribution in [-0.4, -0.2) is 19.9 Å². The van der Waals surface area contributed by atoms with Crippen LogP contribution in [0.5, 0.6) is 0 Å². The molecule has 0 spiro atoms. The van der Waals surface area contributed by atoms with Crippen LogP contribution in [0.2, 0.25) is 0 Å². The molecule has 0 radical (unpaired) electrons. The summed E-state index contributed by atoms with van der Waals surface area (Å²) in [5.41, 5.74) is 1.13. The van der Waals surface area contributed by atoms with Crippen molar-refractivity contribution in [3.8, 4) is 23.7 Å². The van der Waals surface area contributed by atoms with Gasteiger partial charge in [0, 0.05) is 12.8 Å². The summed E-state index contributed by atoms with van der Waals surface area (Å²) in [5.74, 6) is 12.0. The van der Waals surface area contributed by atoms with Gasteiger partial charge in [-0.1, -0.05) is 24.0 Å². The van der Waals surface area contributed by atoms with E-state index in [1.54, 1.807) is 0 Å². The highest BCUT2D eigenvalue weighted by Gasteiger charge is 2.06. The summed E-state index contributed by atoms with van der Waals surface area (Å²) in [7, 11) is 1.27. The average molecular weight is 248 g/mol. The van der Waals surface area contributed by atoms with Crippen LogP contribution in [0.3, 0.4) is 0 Å². The molecule has 0 aliphatic carbocycles. The molecule has 1 atom stereocenters. The van der Waals surface area contributed by atoms with Crippen LogP contribution < -0.4 is 0 Å². The number of hydrogen-bond acceptors (Lipinski definition) is 3. The molecule has 0 heterocycles. The van der Waals surface area contributed by atoms with Gasteiger partial charge in [0.15, 0.2) is 6.61 Å². The summed E-state index contributed by atoms with van der Waals surface area (Å²) < 4.78 is 8.95. The van der Waals surface area contributed by atoms with Gasteiger partial charge in [-0.05, 0) is 26.2 Å². The first-order valence-corrected chi connectivity index (χ1v) is 5.83. The Bertz CT molecular complexity index is 387. The topological polar surface area (TPSA) is 35.5 Å². The monoisotopic (exact) mass is 248 g/mol. The number of hydrogen-bond donors (Lipinski definition) is 0. The number of methoxy groups -OCH3 is 1. The predicted octanol–water partition coefficient (Wildman–Crippen LogP) is 3.16. The second kappa shape index (κ2) is 10.3. The molecule has 0 rings (SSSR count). The second-order valence-electron chi connectivity index (χ2n) is 3.81. The van der Waals surface area contributed by atoms with Gasteiger partial charge in [0.2, 0.25) is 0 Å². The number of carbonyl (C=O) groups excluding carboxylic acids is 1. The van der Waals surface area contributed by atoms with Crippen LogP contribution in [0.15, 0.2) is 12.2 Å². The molecule has 0 aliphatic rings. The van der Waals surface area contributed by atoms with Crippen LogP contribution in [0.25, 0.3) is 0 Å². The Hall–Kier alpha value is -1.87. The zero-order valence-electron chi connectivity index (χ0n) is 11.3. The SMILES string of the molecule is C=C(C)[C@@H](CC#CC)CCC#CCOC(=O)OC. The Labute approximate surface area is 110 Å². The fourth-order valence-electron chi connectivity index (χ4n) is 1.29. The van der Waals surface area contributed by atoms with Crippen LogP contribution >= 0.6 is 0 Å². The molecule has 98 valence electrons. The van der Waals surface area contributed by atoms with E-state index in [-0.39, 0.29) is 6.61 Å². The zero-order chi connectivity index (χ0) is 13.8. The quantitative estimate of drug-likeness (QED) is 0.426. The Morgan fingerprint density at radius 1 is 1.33 bits per heavy atom. The molecule has 0 saturated carbocycles. The van der Waals surface area contributed by atoms with Crippen LogP contribution in [0.1, 0.15) is 33.1 Å². The Morgan fingerprint density at radius 3 is 2.61 bits per heavy atom. The van der Waals surface area contributed by atoms with Crippen LogP contribution in [-0.2, 0) is 9.47 Å². The maximum Gasteiger partial charge on any atom is 0.508 e. The molecule has 0 amide bonds. The van der Waals surface area contributed by atoms with Crippen molar-refractivity contribution in [3.63, 3.8) is 0 Å². The molecular weight excluding hydrogens is 228 g/mol. The maximum absolute atomic E-state index is 10.6. The van der Waals surface area contributed by atoms with E-state index in [2.05, 4.69) is 39.7 Å². The van der Waals surface area contributed by atoms with E-state index < -0.39 is 6.16 Å². The number of ether oxygens (including phenoxy) is 2. The average Bonchev–Trinajstić information content (AvgIpc) is 2.36. The van der Waals surface area contributed by atoms with E-state index in [9.17, 15) is 4.79 Å². The molecule has 0 saturated heterocycles. The lowest BCUT2D eigenvalue weighted by Crippen LogP contribution is -2.03. The van der Waals surface area contributed by atoms with Crippen LogP contribution in [0, 0.1) is 29.6 Å². The van der Waals surface area contributed by atoms with Gasteiger partial charge < -0.3 is 9.47 Å². The van der Waals surface area contributed by atoms with E-state index >= 15 is 0 Å². The molecule has 3 nitrogen and oxygen atoms in total. The van der Waals surface area contributed by atoms with E-state index in [0.717, 1.165) is 24.8 Å². The highest BCUT2D eigenvalue weighted by molar-refractivity contribution is 5.59. The predicted molar refractivity (Wildman–Crippen MR) is 71.7 cm³/mol. The summed E-state index contributed by atoms with van der Waals surface area (Å²) in [6, 6.07) is 0. The number of rotatable bonds is 5. The zero-order valence-corrected chi connectivity index (χ0v) is 11.3. The highest BCUT2D eigenvalue weighted by Crippen LogP contribution is 2.18. The first-order chi connectivity index (χ1) is 8.61. The molecule has 3 heteroatoms. The standard InChI is InChI=1S/C15H20O3/c1-5-6-10-14(13(2)3)11-8-7-9-12-18-15(16)17-4/h14H,2,8,10-12H2,1,3-4H3/t14-/m0/s1. The molecule has 0 aromatic carbocycles. The molecular formula is C15H20O3.